The molecule has 0 N–H and O–H groups in total. The van der Waals surface area contributed by atoms with Gasteiger partial charge in [0.15, 0.2) is 0 Å². The summed E-state index contributed by atoms with van der Waals surface area (Å²) >= 11 is 0. The maximum atomic E-state index is 12.1. The molecular weight excluding hydrogens is 1680 g/mol. The number of nitrogens with zero attached hydrogens (tertiary/aromatic N) is 4. The van der Waals surface area contributed by atoms with E-state index < -0.39 is 0 Å². The molecule has 3 aromatic rings. The fraction of sp³-hybridized carbons (Fsp3) is 0.817. The van der Waals surface area contributed by atoms with Crippen LogP contribution in [0.5, 0.6) is 0 Å². The van der Waals surface area contributed by atoms with Gasteiger partial charge >= 0.3 is 6.09 Å². The number of hydrogen-bond acceptors (Lipinski definition) is 8. The number of benzene rings is 3. The van der Waals surface area contributed by atoms with Crippen LogP contribution in [0.2, 0.25) is 0 Å². The Labute approximate surface area is 853 Å². The quantitative estimate of drug-likeness (QED) is 0.0861. The van der Waals surface area contributed by atoms with Crippen molar-refractivity contribution in [3.05, 3.63) is 107 Å². The molecule has 0 bridgehead atoms. The van der Waals surface area contributed by atoms with Crippen LogP contribution in [0.15, 0.2) is 78.9 Å². The average molecular weight is 1920 g/mol. The summed E-state index contributed by atoms with van der Waals surface area (Å²) in [5, 5.41) is 0. The van der Waals surface area contributed by atoms with Gasteiger partial charge in [-0.05, 0) is 274 Å². The van der Waals surface area contributed by atoms with Crippen molar-refractivity contribution in [1.29, 1.82) is 0 Å². The van der Waals surface area contributed by atoms with E-state index in [2.05, 4.69) is 319 Å². The second kappa shape index (κ2) is 64.8. The normalized spacial score (nSPS) is 17.1. The van der Waals surface area contributed by atoms with Gasteiger partial charge in [-0.25, -0.2) is 4.79 Å². The van der Waals surface area contributed by atoms with E-state index in [1.165, 1.54) is 196 Å². The maximum Gasteiger partial charge on any atom is 0.410 e. The highest BCUT2D eigenvalue weighted by Gasteiger charge is 2.38. The number of piperidine rings is 1. The summed E-state index contributed by atoms with van der Waals surface area (Å²) in [4.78, 5) is 67.2. The van der Waals surface area contributed by atoms with E-state index in [-0.39, 0.29) is 40.7 Å². The van der Waals surface area contributed by atoms with E-state index in [4.69, 9.17) is 9.47 Å². The van der Waals surface area contributed by atoms with E-state index in [1.54, 1.807) is 48.5 Å². The molecule has 10 rings (SSSR count). The Balaban J connectivity index is 0. The summed E-state index contributed by atoms with van der Waals surface area (Å²) < 4.78 is 10.6. The third kappa shape index (κ3) is 66.6. The summed E-state index contributed by atoms with van der Waals surface area (Å²) in [5.74, 6) is 5.39. The summed E-state index contributed by atoms with van der Waals surface area (Å²) in [6.07, 6.45) is 40.9. The molecule has 0 radical (unpaired) electrons. The molecule has 5 heterocycles. The standard InChI is InChI=1S/C16H21NO2.C14H17NO2.C13H25NO2.C12H18.C12H26.C10H21N.C10H20.C9H18.C9H20.C8H16O.C7H16.C6H14/c1-16(2,3)10-6-7-11-17-14(18)12-8-4-5-9-13(12)15(17)19;1-14(2,3)8-9-15-12(16)10-6-4-5-7-11(10)13(15)17;1-10(2)11-6-8-14(9-7-11)12(15)16-13(3,4)5;1-12(2,3)10-9-11-7-5-4-6-8-11;1-5-6-7-8-9-10-11-12(2,3)4;1-10(2,3)6-9-11-7-4-5-8-11;1-10(2,3)9-7-5-4-6-8-9;1-9(2,3)8-6-4-5-7-8;1-6-8(7-2)9(3,4)5;1-8(2,3)7-4-5-9-6-7;1-6(2)7(3,4)5;1-5-6(2,3)4/h4-5,8-9H,6-7,10-11H2,1-3H3;4-7H,8-9H2,1-3H3;10-11H,6-9H2,1-5H3;4-8H,9-10H2,1-3H3;5-11H2,1-4H3;4-9H2,1-3H3;9H,4-8H2,1-3H3;8H,4-7H2,1-3H3;8H,6-7H2,1-5H3;7H,4-6H2,1-3H3;6H,1-5H3;5H2,1-4H3. The number of likely N-dealkylation sites (tertiary alicyclic amines) is 2. The number of imide groups is 2. The first-order chi connectivity index (χ1) is 62.6. The Morgan fingerprint density at radius 1 is 0.365 bits per heavy atom. The zero-order chi connectivity index (χ0) is 106. The molecule has 5 amide bonds. The lowest BCUT2D eigenvalue weighted by Gasteiger charge is -2.34. The van der Waals surface area contributed by atoms with E-state index in [1.807, 2.05) is 25.7 Å². The van der Waals surface area contributed by atoms with Gasteiger partial charge in [0.2, 0.25) is 0 Å². The zero-order valence-electron chi connectivity index (χ0n) is 99.5. The Morgan fingerprint density at radius 2 is 0.708 bits per heavy atom. The highest BCUT2D eigenvalue weighted by Crippen LogP contribution is 2.41. The van der Waals surface area contributed by atoms with Gasteiger partial charge in [0.1, 0.15) is 5.60 Å². The third-order valence-corrected chi connectivity index (χ3v) is 28.8. The highest BCUT2D eigenvalue weighted by atomic mass is 16.6. The molecule has 3 saturated heterocycles. The average Bonchev–Trinajstić information content (AvgIpc) is 1.64. The SMILES string of the molecule is CC(C)(C)C1CCCC1.CC(C)(C)C1CCCCC1.CC(C)(C)C1CCOC1.CC(C)(C)CCCCN1C(=O)c2ccccc2C1=O.CC(C)(C)CCN1C(=O)c2ccccc2C1=O.CC(C)(C)CCN1CCCC1.CC(C)(C)CCc1ccccc1.CC(C)C(C)(C)C.CC(C)C1CCN(C(=O)OC(C)(C)C)CC1.CCC(C)(C)C.CCC(CC)C(C)(C)C.CCCCCCCCC(C)(C)C. The van der Waals surface area contributed by atoms with Crippen LogP contribution in [0, 0.1) is 101 Å². The fourth-order valence-electron chi connectivity index (χ4n) is 16.9. The lowest BCUT2D eigenvalue weighted by molar-refractivity contribution is 0.0165. The molecular formula is C126H232N4O7. The number of hydrogen-bond donors (Lipinski definition) is 0. The van der Waals surface area contributed by atoms with Crippen LogP contribution >= 0.6 is 0 Å². The minimum absolute atomic E-state index is 0.120. The monoisotopic (exact) mass is 1910 g/mol. The molecule has 5 aliphatic heterocycles. The third-order valence-electron chi connectivity index (χ3n) is 28.8. The molecule has 5 fully saturated rings. The van der Waals surface area contributed by atoms with Gasteiger partial charge in [-0.15, -0.1) is 0 Å². The molecule has 0 aromatic heterocycles. The van der Waals surface area contributed by atoms with Crippen LogP contribution in [0.1, 0.15) is 544 Å². The van der Waals surface area contributed by atoms with Crippen molar-refractivity contribution >= 4 is 29.7 Å². The van der Waals surface area contributed by atoms with Crippen molar-refractivity contribution in [2.24, 2.45) is 101 Å². The molecule has 0 spiro atoms. The van der Waals surface area contributed by atoms with Crippen molar-refractivity contribution in [1.82, 2.24) is 19.6 Å². The first-order valence-corrected chi connectivity index (χ1v) is 55.9. The Hall–Kier alpha value is -4.87. The number of carbonyl (C=O) groups excluding carboxylic acids is 5. The first-order valence-electron chi connectivity index (χ1n) is 55.9. The van der Waals surface area contributed by atoms with E-state index in [0.717, 1.165) is 106 Å². The van der Waals surface area contributed by atoms with Crippen LogP contribution in [0.3, 0.4) is 0 Å². The van der Waals surface area contributed by atoms with Gasteiger partial charge in [0.25, 0.3) is 23.6 Å². The number of carbonyl (C=O) groups is 5. The van der Waals surface area contributed by atoms with E-state index in [0.29, 0.717) is 89.5 Å². The molecule has 2 saturated carbocycles. The largest absolute Gasteiger partial charge is 0.444 e. The van der Waals surface area contributed by atoms with Crippen LogP contribution in [0.25, 0.3) is 0 Å². The molecule has 11 heteroatoms. The molecule has 1 atom stereocenters. The van der Waals surface area contributed by atoms with Crippen LogP contribution in [-0.2, 0) is 15.9 Å². The molecule has 11 nitrogen and oxygen atoms in total. The van der Waals surface area contributed by atoms with Crippen LogP contribution in [-0.4, -0.2) is 114 Å². The molecule has 798 valence electrons. The smallest absolute Gasteiger partial charge is 0.410 e. The Bertz CT molecular complexity index is 3500. The molecule has 1 unspecified atom stereocenters. The predicted molar refractivity (Wildman–Crippen MR) is 601 cm³/mol. The fourth-order valence-corrected chi connectivity index (χ4v) is 16.9. The van der Waals surface area contributed by atoms with Gasteiger partial charge in [-0.3, -0.25) is 29.0 Å². The molecule has 3 aromatic carbocycles. The van der Waals surface area contributed by atoms with Crippen molar-refractivity contribution in [2.75, 3.05) is 59.0 Å². The topological polar surface area (TPSA) is 117 Å². The maximum absolute atomic E-state index is 12.1. The first kappa shape index (κ1) is 134. The predicted octanol–water partition coefficient (Wildman–Crippen LogP) is 38.0. The molecule has 2 aliphatic carbocycles. The Kier molecular flexibility index (Phi) is 63.5. The summed E-state index contributed by atoms with van der Waals surface area (Å²) in [6, 6.07) is 24.7. The van der Waals surface area contributed by atoms with Gasteiger partial charge in [0.05, 0.1) is 22.3 Å². The van der Waals surface area contributed by atoms with Gasteiger partial charge < -0.3 is 19.3 Å². The number of fused-ring (bicyclic) bond motifs is 2. The number of rotatable bonds is 19. The van der Waals surface area contributed by atoms with Gasteiger partial charge in [-0.1, -0.05) is 435 Å². The number of unbranched alkanes of at least 4 members (excludes halogenated alkanes) is 6. The zero-order valence-corrected chi connectivity index (χ0v) is 99.5. The number of aryl methyl sites for hydroxylation is 1. The molecule has 7 aliphatic rings. The number of ether oxygens (including phenoxy) is 2. The lowest BCUT2D eigenvalue weighted by atomic mass is 9.72. The van der Waals surface area contributed by atoms with Gasteiger partial charge in [-0.2, -0.15) is 0 Å². The van der Waals surface area contributed by atoms with E-state index >= 15 is 0 Å². The minimum Gasteiger partial charge on any atom is -0.444 e. The number of amides is 5. The second-order valence-corrected chi connectivity index (χ2v) is 55.8. The van der Waals surface area contributed by atoms with Crippen molar-refractivity contribution in [2.45, 2.75) is 509 Å². The summed E-state index contributed by atoms with van der Waals surface area (Å²) in [6.45, 7) is 108. The van der Waals surface area contributed by atoms with E-state index in [9.17, 15) is 24.0 Å². The minimum atomic E-state index is -0.383. The van der Waals surface area contributed by atoms with Crippen molar-refractivity contribution in [3.8, 4) is 0 Å². The van der Waals surface area contributed by atoms with Crippen LogP contribution < -0.4 is 0 Å². The summed E-state index contributed by atoms with van der Waals surface area (Å²) in [7, 11) is 0. The lowest BCUT2D eigenvalue weighted by Crippen LogP contribution is -2.42. The molecule has 137 heavy (non-hydrogen) atoms. The Morgan fingerprint density at radius 3 is 1.00 bits per heavy atom. The van der Waals surface area contributed by atoms with Crippen LogP contribution in [0.4, 0.5) is 4.79 Å². The van der Waals surface area contributed by atoms with Crippen molar-refractivity contribution < 1.29 is 33.4 Å². The summed E-state index contributed by atoms with van der Waals surface area (Å²) in [5.41, 5.74) is 8.33. The highest BCUT2D eigenvalue weighted by molar-refractivity contribution is 6.22. The van der Waals surface area contributed by atoms with Gasteiger partial charge in [0, 0.05) is 39.4 Å². The van der Waals surface area contributed by atoms with Crippen molar-refractivity contribution in [3.63, 3.8) is 0 Å². The second-order valence-electron chi connectivity index (χ2n) is 55.8.